The first-order valence-corrected chi connectivity index (χ1v) is 3.27. The lowest BCUT2D eigenvalue weighted by Crippen LogP contribution is -2.29. The Balaban J connectivity index is 4.27. The summed E-state index contributed by atoms with van der Waals surface area (Å²) in [6, 6.07) is 0. The number of nitrogens with two attached hydrogens (primary N) is 1. The summed E-state index contributed by atoms with van der Waals surface area (Å²) in [7, 11) is 0. The van der Waals surface area contributed by atoms with Gasteiger partial charge in [0, 0.05) is 0 Å². The Hall–Kier alpha value is -1.42. The van der Waals surface area contributed by atoms with E-state index in [-0.39, 0.29) is 6.42 Å². The Kier molecular flexibility index (Phi) is 4.64. The van der Waals surface area contributed by atoms with Gasteiger partial charge in [-0.15, -0.1) is 0 Å². The molecule has 3 nitrogen and oxygen atoms in total. The fraction of sp³-hybridized carbons (Fsp3) is 0.125. The number of carbonyl (C=O) groups excluding carboxylic acids is 1. The minimum Gasteiger partial charge on any atom is -0.294 e. The number of hydrogen-bond acceptors (Lipinski definition) is 2. The predicted octanol–water partition coefficient (Wildman–Crippen LogP) is 0.962. The van der Waals surface area contributed by atoms with Crippen molar-refractivity contribution >= 4 is 5.91 Å². The minimum atomic E-state index is -0.616. The normalized spacial score (nSPS) is 10.7. The van der Waals surface area contributed by atoms with E-state index < -0.39 is 11.7 Å². The number of rotatable bonds is 4. The Morgan fingerprint density at radius 1 is 1.67 bits per heavy atom. The van der Waals surface area contributed by atoms with E-state index in [1.54, 1.807) is 0 Å². The van der Waals surface area contributed by atoms with Crippen LogP contribution in [0.2, 0.25) is 0 Å². The Morgan fingerprint density at radius 2 is 2.25 bits per heavy atom. The fourth-order valence-corrected chi connectivity index (χ4v) is 0.620. The first-order valence-electron chi connectivity index (χ1n) is 3.27. The smallest absolute Gasteiger partial charge is 0.238 e. The number of amides is 1. The number of carbonyl (C=O) groups is 1. The van der Waals surface area contributed by atoms with Crippen molar-refractivity contribution in [2.24, 2.45) is 5.84 Å². The summed E-state index contributed by atoms with van der Waals surface area (Å²) in [5.74, 6) is 3.81. The molecule has 4 heteroatoms. The molecule has 0 aromatic rings. The first kappa shape index (κ1) is 10.6. The molecule has 0 radical (unpaired) electrons. The molecule has 1 amide bonds. The van der Waals surface area contributed by atoms with Gasteiger partial charge in [0.15, 0.2) is 0 Å². The summed E-state index contributed by atoms with van der Waals surface area (Å²) in [5.41, 5.74) is 2.36. The van der Waals surface area contributed by atoms with Crippen molar-refractivity contribution in [3.05, 3.63) is 36.7 Å². The van der Waals surface area contributed by atoms with Crippen molar-refractivity contribution < 1.29 is 9.18 Å². The average Bonchev–Trinajstić information content (AvgIpc) is 2.02. The molecule has 3 N–H and O–H groups in total. The van der Waals surface area contributed by atoms with Crippen LogP contribution in [0, 0.1) is 0 Å². The van der Waals surface area contributed by atoms with Crippen LogP contribution in [0.25, 0.3) is 0 Å². The Bertz CT molecular complexity index is 233. The predicted molar refractivity (Wildman–Crippen MR) is 45.5 cm³/mol. The molecule has 0 unspecified atom stereocenters. The molecule has 0 heterocycles. The van der Waals surface area contributed by atoms with E-state index in [2.05, 4.69) is 13.2 Å². The van der Waals surface area contributed by atoms with Crippen LogP contribution in [0.4, 0.5) is 4.39 Å². The summed E-state index contributed by atoms with van der Waals surface area (Å²) in [4.78, 5) is 10.7. The molecule has 66 valence electrons. The standard InChI is InChI=1S/C8H11FN2O/c1-3-7(4-6(2)9)5-8(12)11-10/h3-4H,1-2,5,10H2,(H,11,12)/b7-4+. The molecular formula is C8H11FN2O. The van der Waals surface area contributed by atoms with Gasteiger partial charge in [0.05, 0.1) is 6.42 Å². The van der Waals surface area contributed by atoms with Gasteiger partial charge in [-0.3, -0.25) is 10.2 Å². The van der Waals surface area contributed by atoms with Crippen molar-refractivity contribution in [1.29, 1.82) is 0 Å². The van der Waals surface area contributed by atoms with E-state index >= 15 is 0 Å². The molecule has 0 bridgehead atoms. The Labute approximate surface area is 70.4 Å². The molecule has 0 aliphatic heterocycles. The van der Waals surface area contributed by atoms with Crippen LogP contribution in [0.15, 0.2) is 36.7 Å². The SMILES string of the molecule is C=C/C(=C\C(=C)F)CC(=O)NN. The maximum absolute atomic E-state index is 12.2. The second kappa shape index (κ2) is 5.26. The van der Waals surface area contributed by atoms with Crippen LogP contribution in [0.5, 0.6) is 0 Å². The van der Waals surface area contributed by atoms with E-state index in [0.717, 1.165) is 6.08 Å². The highest BCUT2D eigenvalue weighted by Gasteiger charge is 2.00. The van der Waals surface area contributed by atoms with Gasteiger partial charge in [-0.25, -0.2) is 10.2 Å². The van der Waals surface area contributed by atoms with Crippen LogP contribution in [0.3, 0.4) is 0 Å². The van der Waals surface area contributed by atoms with Gasteiger partial charge < -0.3 is 0 Å². The highest BCUT2D eigenvalue weighted by Crippen LogP contribution is 2.06. The lowest BCUT2D eigenvalue weighted by Gasteiger charge is -1.99. The molecule has 0 saturated heterocycles. The van der Waals surface area contributed by atoms with Crippen LogP contribution in [-0.4, -0.2) is 5.91 Å². The van der Waals surface area contributed by atoms with Crippen molar-refractivity contribution in [3.8, 4) is 0 Å². The van der Waals surface area contributed by atoms with Gasteiger partial charge in [0.2, 0.25) is 5.91 Å². The summed E-state index contributed by atoms with van der Waals surface area (Å²) >= 11 is 0. The van der Waals surface area contributed by atoms with Crippen molar-refractivity contribution in [1.82, 2.24) is 5.43 Å². The third-order valence-electron chi connectivity index (χ3n) is 1.13. The van der Waals surface area contributed by atoms with E-state index in [4.69, 9.17) is 5.84 Å². The van der Waals surface area contributed by atoms with Crippen molar-refractivity contribution in [2.45, 2.75) is 6.42 Å². The van der Waals surface area contributed by atoms with Crippen LogP contribution in [-0.2, 0) is 4.79 Å². The van der Waals surface area contributed by atoms with E-state index in [1.165, 1.54) is 6.08 Å². The van der Waals surface area contributed by atoms with Gasteiger partial charge in [-0.2, -0.15) is 0 Å². The molecule has 0 aliphatic carbocycles. The monoisotopic (exact) mass is 170 g/mol. The summed E-state index contributed by atoms with van der Waals surface area (Å²) < 4.78 is 12.2. The third-order valence-corrected chi connectivity index (χ3v) is 1.13. The maximum atomic E-state index is 12.2. The van der Waals surface area contributed by atoms with Crippen molar-refractivity contribution in [3.63, 3.8) is 0 Å². The minimum absolute atomic E-state index is 0.00292. The zero-order valence-electron chi connectivity index (χ0n) is 6.64. The number of hydrogen-bond donors (Lipinski definition) is 2. The molecule has 0 aromatic heterocycles. The van der Waals surface area contributed by atoms with Crippen LogP contribution < -0.4 is 11.3 Å². The zero-order chi connectivity index (χ0) is 9.56. The summed E-state index contributed by atoms with van der Waals surface area (Å²) in [5, 5.41) is 0. The number of halogens is 1. The highest BCUT2D eigenvalue weighted by atomic mass is 19.1. The van der Waals surface area contributed by atoms with E-state index in [1.807, 2.05) is 5.43 Å². The van der Waals surface area contributed by atoms with E-state index in [9.17, 15) is 9.18 Å². The third kappa shape index (κ3) is 4.40. The lowest BCUT2D eigenvalue weighted by molar-refractivity contribution is -0.120. The van der Waals surface area contributed by atoms with Gasteiger partial charge in [0.1, 0.15) is 5.83 Å². The average molecular weight is 170 g/mol. The molecule has 12 heavy (non-hydrogen) atoms. The summed E-state index contributed by atoms with van der Waals surface area (Å²) in [6.45, 7) is 6.43. The van der Waals surface area contributed by atoms with Gasteiger partial charge >= 0.3 is 0 Å². The Morgan fingerprint density at radius 3 is 2.58 bits per heavy atom. The van der Waals surface area contributed by atoms with Crippen molar-refractivity contribution in [2.75, 3.05) is 0 Å². The molecule has 0 saturated carbocycles. The number of allylic oxidation sites excluding steroid dienone is 3. The quantitative estimate of drug-likeness (QED) is 0.286. The van der Waals surface area contributed by atoms with Gasteiger partial charge in [-0.05, 0) is 11.6 Å². The highest BCUT2D eigenvalue weighted by molar-refractivity contribution is 5.78. The number of hydrazine groups is 1. The maximum Gasteiger partial charge on any atom is 0.238 e. The van der Waals surface area contributed by atoms with Gasteiger partial charge in [0.25, 0.3) is 0 Å². The molecule has 0 atom stereocenters. The molecule has 0 aromatic carbocycles. The second-order valence-corrected chi connectivity index (χ2v) is 2.11. The molecule has 0 spiro atoms. The fourth-order valence-electron chi connectivity index (χ4n) is 0.620. The van der Waals surface area contributed by atoms with Crippen LogP contribution in [0.1, 0.15) is 6.42 Å². The van der Waals surface area contributed by atoms with Gasteiger partial charge in [-0.1, -0.05) is 19.2 Å². The van der Waals surface area contributed by atoms with E-state index in [0.29, 0.717) is 5.57 Å². The first-order chi connectivity index (χ1) is 5.60. The zero-order valence-corrected chi connectivity index (χ0v) is 6.64. The topological polar surface area (TPSA) is 55.1 Å². The summed E-state index contributed by atoms with van der Waals surface area (Å²) in [6.07, 6.45) is 2.51. The molecule has 0 aliphatic rings. The van der Waals surface area contributed by atoms with Crippen LogP contribution >= 0.6 is 0 Å². The number of nitrogens with one attached hydrogen (secondary N) is 1. The molecule has 0 rings (SSSR count). The molecule has 0 fully saturated rings. The second-order valence-electron chi connectivity index (χ2n) is 2.11. The largest absolute Gasteiger partial charge is 0.294 e. The lowest BCUT2D eigenvalue weighted by atomic mass is 10.1. The molecular weight excluding hydrogens is 159 g/mol.